The minimum atomic E-state index is -4.76. The molecular weight excluding hydrogens is 551 g/mol. The van der Waals surface area contributed by atoms with Gasteiger partial charge in [-0.25, -0.2) is 28.7 Å². The van der Waals surface area contributed by atoms with E-state index in [1.54, 1.807) is 12.1 Å². The van der Waals surface area contributed by atoms with Crippen molar-refractivity contribution in [3.8, 4) is 40.3 Å². The third kappa shape index (κ3) is 5.25. The van der Waals surface area contributed by atoms with Gasteiger partial charge in [0.05, 0.1) is 26.1 Å². The highest BCUT2D eigenvalue weighted by atomic mass is 19.4. The smallest absolute Gasteiger partial charge is 0.434 e. The number of aromatic nitrogens is 6. The summed E-state index contributed by atoms with van der Waals surface area (Å²) in [5, 5.41) is 0. The van der Waals surface area contributed by atoms with Crippen molar-refractivity contribution in [2.24, 2.45) is 0 Å². The van der Waals surface area contributed by atoms with Crippen molar-refractivity contribution in [2.75, 3.05) is 14.2 Å². The highest BCUT2D eigenvalue weighted by Gasteiger charge is 2.59. The topological polar surface area (TPSA) is 97.1 Å². The summed E-state index contributed by atoms with van der Waals surface area (Å²) in [6.45, 7) is 0.0218. The molecule has 1 aromatic carbocycles. The van der Waals surface area contributed by atoms with Crippen LogP contribution in [0.4, 0.5) is 22.0 Å². The van der Waals surface area contributed by atoms with Crippen LogP contribution in [0.5, 0.6) is 17.5 Å². The first-order valence-corrected chi connectivity index (χ1v) is 12.7. The van der Waals surface area contributed by atoms with Gasteiger partial charge in [-0.05, 0) is 18.4 Å². The monoisotopic (exact) mass is 574 g/mol. The van der Waals surface area contributed by atoms with Gasteiger partial charge in [-0.1, -0.05) is 24.3 Å². The van der Waals surface area contributed by atoms with Crippen LogP contribution in [0, 0.1) is 0 Å². The largest absolute Gasteiger partial charge is 0.490 e. The van der Waals surface area contributed by atoms with Crippen LogP contribution in [0.15, 0.2) is 43.0 Å². The molecular formula is C27H23F5N6O3. The standard InChI is InChI=1S/C27H23F5N6O3/c1-39-17-10-33-22(20-21(15-7-8-15)34-13-35-25(20)40-2)37-24(17)41-12-14-3-5-16(6-4-14)23-36-18(27(30,31)32)11-38(23)19-9-26(19,28)29/h3-6,10-11,13,15,19H,7-9,12H2,1-2H3. The number of nitrogens with zero attached hydrogens (tertiary/aromatic N) is 6. The summed E-state index contributed by atoms with van der Waals surface area (Å²) in [7, 11) is 2.95. The van der Waals surface area contributed by atoms with E-state index in [0.29, 0.717) is 29.0 Å². The Bertz CT molecular complexity index is 1590. The molecule has 0 spiro atoms. The molecule has 14 heteroatoms. The van der Waals surface area contributed by atoms with Gasteiger partial charge >= 0.3 is 6.18 Å². The lowest BCUT2D eigenvalue weighted by Crippen LogP contribution is -2.05. The molecule has 2 aliphatic rings. The lowest BCUT2D eigenvalue weighted by atomic mass is 10.1. The Kier molecular flexibility index (Phi) is 6.50. The summed E-state index contributed by atoms with van der Waals surface area (Å²) in [5.74, 6) is -1.92. The maximum absolute atomic E-state index is 13.7. The molecule has 0 saturated heterocycles. The second-order valence-electron chi connectivity index (χ2n) is 9.81. The molecule has 2 saturated carbocycles. The first kappa shape index (κ1) is 26.8. The molecule has 0 aliphatic heterocycles. The maximum atomic E-state index is 13.7. The van der Waals surface area contributed by atoms with Crippen LogP contribution in [0.2, 0.25) is 0 Å². The summed E-state index contributed by atoms with van der Waals surface area (Å²) in [5.41, 5.74) is 1.04. The minimum Gasteiger partial charge on any atom is -0.490 e. The van der Waals surface area contributed by atoms with Gasteiger partial charge in [0.1, 0.15) is 30.4 Å². The number of rotatable bonds is 9. The predicted molar refractivity (Wildman–Crippen MR) is 134 cm³/mol. The number of hydrogen-bond donors (Lipinski definition) is 0. The fourth-order valence-corrected chi connectivity index (χ4v) is 4.52. The maximum Gasteiger partial charge on any atom is 0.434 e. The van der Waals surface area contributed by atoms with Crippen LogP contribution >= 0.6 is 0 Å². The first-order chi connectivity index (χ1) is 19.6. The number of alkyl halides is 5. The third-order valence-electron chi connectivity index (χ3n) is 6.90. The molecule has 0 N–H and O–H groups in total. The number of benzene rings is 1. The van der Waals surface area contributed by atoms with Crippen molar-refractivity contribution in [1.29, 1.82) is 0 Å². The van der Waals surface area contributed by atoms with E-state index >= 15 is 0 Å². The zero-order chi connectivity index (χ0) is 28.9. The molecule has 1 unspecified atom stereocenters. The van der Waals surface area contributed by atoms with E-state index in [4.69, 9.17) is 14.2 Å². The summed E-state index contributed by atoms with van der Waals surface area (Å²) in [6.07, 6.45) is 0.224. The van der Waals surface area contributed by atoms with Crippen LogP contribution in [0.25, 0.3) is 22.8 Å². The van der Waals surface area contributed by atoms with Crippen LogP contribution in [-0.2, 0) is 12.8 Å². The minimum absolute atomic E-state index is 0.0218. The molecule has 214 valence electrons. The van der Waals surface area contributed by atoms with Crippen molar-refractivity contribution < 1.29 is 36.2 Å². The molecule has 4 aromatic rings. The van der Waals surface area contributed by atoms with Crippen molar-refractivity contribution in [1.82, 2.24) is 29.5 Å². The SMILES string of the molecule is COc1cnc(-c2c(OC)ncnc2C2CC2)nc1OCc1ccc(-c2nc(C(F)(F)F)cn2C2CC2(F)F)cc1. The molecule has 0 radical (unpaired) electrons. The third-order valence-corrected chi connectivity index (χ3v) is 6.90. The van der Waals surface area contributed by atoms with Crippen molar-refractivity contribution in [2.45, 2.75) is 49.9 Å². The van der Waals surface area contributed by atoms with Crippen LogP contribution in [0.3, 0.4) is 0 Å². The molecule has 0 bridgehead atoms. The molecule has 3 aromatic heterocycles. The Labute approximate surface area is 230 Å². The lowest BCUT2D eigenvalue weighted by Gasteiger charge is -2.14. The first-order valence-electron chi connectivity index (χ1n) is 12.7. The number of ether oxygens (including phenoxy) is 3. The normalized spacial score (nSPS) is 17.8. The number of hydrogen-bond acceptors (Lipinski definition) is 8. The van der Waals surface area contributed by atoms with Crippen LogP contribution in [-0.4, -0.2) is 49.6 Å². The average molecular weight is 575 g/mol. The van der Waals surface area contributed by atoms with Gasteiger partial charge in [-0.3, -0.25) is 0 Å². The van der Waals surface area contributed by atoms with E-state index in [1.807, 2.05) is 0 Å². The molecule has 2 fully saturated rings. The van der Waals surface area contributed by atoms with E-state index in [-0.39, 0.29) is 35.5 Å². The number of halogens is 5. The Morgan fingerprint density at radius 2 is 1.71 bits per heavy atom. The summed E-state index contributed by atoms with van der Waals surface area (Å²) in [4.78, 5) is 21.2. The van der Waals surface area contributed by atoms with Gasteiger partial charge < -0.3 is 18.8 Å². The predicted octanol–water partition coefficient (Wildman–Crippen LogP) is 5.87. The van der Waals surface area contributed by atoms with Gasteiger partial charge in [0.2, 0.25) is 5.88 Å². The highest BCUT2D eigenvalue weighted by Crippen LogP contribution is 2.54. The molecule has 41 heavy (non-hydrogen) atoms. The molecule has 9 nitrogen and oxygen atoms in total. The molecule has 0 amide bonds. The zero-order valence-corrected chi connectivity index (χ0v) is 21.8. The fraction of sp³-hybridized carbons (Fsp3) is 0.370. The van der Waals surface area contributed by atoms with E-state index in [0.717, 1.165) is 23.1 Å². The zero-order valence-electron chi connectivity index (χ0n) is 21.8. The van der Waals surface area contributed by atoms with E-state index in [2.05, 4.69) is 24.9 Å². The molecule has 1 atom stereocenters. The number of methoxy groups -OCH3 is 2. The van der Waals surface area contributed by atoms with Gasteiger partial charge in [-0.2, -0.15) is 18.2 Å². The summed E-state index contributed by atoms with van der Waals surface area (Å²) >= 11 is 0. The van der Waals surface area contributed by atoms with E-state index in [1.165, 1.54) is 38.9 Å². The van der Waals surface area contributed by atoms with E-state index < -0.39 is 30.3 Å². The fourth-order valence-electron chi connectivity index (χ4n) is 4.52. The summed E-state index contributed by atoms with van der Waals surface area (Å²) < 4.78 is 85.0. The van der Waals surface area contributed by atoms with Gasteiger partial charge in [-0.15, -0.1) is 0 Å². The second-order valence-corrected chi connectivity index (χ2v) is 9.81. The van der Waals surface area contributed by atoms with Crippen molar-refractivity contribution in [3.63, 3.8) is 0 Å². The molecule has 3 heterocycles. The molecule has 6 rings (SSSR count). The van der Waals surface area contributed by atoms with Gasteiger partial charge in [0.25, 0.3) is 11.8 Å². The van der Waals surface area contributed by atoms with Crippen LogP contribution in [0.1, 0.15) is 48.2 Å². The van der Waals surface area contributed by atoms with Crippen molar-refractivity contribution in [3.05, 3.63) is 59.9 Å². The highest BCUT2D eigenvalue weighted by molar-refractivity contribution is 5.66. The molecule has 2 aliphatic carbocycles. The van der Waals surface area contributed by atoms with E-state index in [9.17, 15) is 22.0 Å². The van der Waals surface area contributed by atoms with Crippen molar-refractivity contribution >= 4 is 0 Å². The Hall–Kier alpha value is -4.36. The van der Waals surface area contributed by atoms with Gasteiger partial charge in [0.15, 0.2) is 17.3 Å². The number of imidazole rings is 1. The Balaban J connectivity index is 1.25. The summed E-state index contributed by atoms with van der Waals surface area (Å²) in [6, 6.07) is 4.88. The van der Waals surface area contributed by atoms with Crippen LogP contribution < -0.4 is 14.2 Å². The average Bonchev–Trinajstić information content (AvgIpc) is 3.86. The van der Waals surface area contributed by atoms with Gasteiger partial charge in [0, 0.05) is 24.1 Å². The second kappa shape index (κ2) is 9.93. The Morgan fingerprint density at radius 1 is 0.976 bits per heavy atom. The quantitative estimate of drug-likeness (QED) is 0.229. The lowest BCUT2D eigenvalue weighted by molar-refractivity contribution is -0.140. The Morgan fingerprint density at radius 3 is 2.32 bits per heavy atom.